The molecule has 13 heavy (non-hydrogen) atoms. The summed E-state index contributed by atoms with van der Waals surface area (Å²) in [5.74, 6) is -1.46. The van der Waals surface area contributed by atoms with Gasteiger partial charge in [0, 0.05) is 6.07 Å². The number of halogens is 5. The maximum absolute atomic E-state index is 12.5. The van der Waals surface area contributed by atoms with Gasteiger partial charge >= 0.3 is 0 Å². The quantitative estimate of drug-likeness (QED) is 0.326. The van der Waals surface area contributed by atoms with Crippen LogP contribution < -0.4 is 11.3 Å². The molecule has 0 amide bonds. The topological polar surface area (TPSA) is 38.0 Å². The summed E-state index contributed by atoms with van der Waals surface area (Å²) >= 11 is 0. The average Bonchev–Trinajstić information content (AvgIpc) is 2.02. The van der Waals surface area contributed by atoms with Crippen LogP contribution in [0.3, 0.4) is 0 Å². The summed E-state index contributed by atoms with van der Waals surface area (Å²) in [7, 11) is 0. The molecular weight excluding hydrogens is 212 g/mol. The van der Waals surface area contributed by atoms with Gasteiger partial charge in [0.25, 0.3) is 0 Å². The number of hydrogen-bond acceptors (Lipinski definition) is 2. The Balaban J connectivity index is 0.00000144. The maximum atomic E-state index is 12.5. The number of anilines is 1. The molecule has 0 saturated carbocycles. The van der Waals surface area contributed by atoms with Crippen molar-refractivity contribution in [2.75, 3.05) is 5.43 Å². The number of benzene rings is 1. The Morgan fingerprint density at radius 1 is 1.00 bits per heavy atom. The molecule has 0 unspecified atom stereocenters. The van der Waals surface area contributed by atoms with Gasteiger partial charge in [-0.15, -0.1) is 12.4 Å². The van der Waals surface area contributed by atoms with Gasteiger partial charge in [-0.3, -0.25) is 5.84 Å². The van der Waals surface area contributed by atoms with E-state index in [2.05, 4.69) is 5.84 Å². The second-order valence-corrected chi connectivity index (χ2v) is 1.99. The third-order valence-corrected chi connectivity index (χ3v) is 1.26. The van der Waals surface area contributed by atoms with Crippen LogP contribution >= 0.6 is 12.4 Å². The van der Waals surface area contributed by atoms with Crippen LogP contribution in [0.4, 0.5) is 23.2 Å². The lowest BCUT2D eigenvalue weighted by atomic mass is 10.2. The summed E-state index contributed by atoms with van der Waals surface area (Å²) < 4.78 is 49.7. The predicted octanol–water partition coefficient (Wildman–Crippen LogP) is 1.95. The summed E-state index contributed by atoms with van der Waals surface area (Å²) in [6.07, 6.45) is 0. The van der Waals surface area contributed by atoms with E-state index in [0.29, 0.717) is 0 Å². The lowest BCUT2D eigenvalue weighted by Crippen LogP contribution is -2.12. The molecule has 0 aliphatic heterocycles. The first kappa shape index (κ1) is 12.0. The molecule has 0 spiro atoms. The standard InChI is InChI=1S/C6H4F4N2.ClH/c7-2-1-3(8)5(10)6(12-11)4(2)9;/h1,12H,11H2;1H. The molecule has 0 atom stereocenters. The Kier molecular flexibility index (Phi) is 3.96. The molecule has 0 bridgehead atoms. The van der Waals surface area contributed by atoms with Crippen molar-refractivity contribution in [1.29, 1.82) is 0 Å². The molecule has 3 N–H and O–H groups in total. The first-order valence-electron chi connectivity index (χ1n) is 2.87. The van der Waals surface area contributed by atoms with Crippen LogP contribution in [0.1, 0.15) is 0 Å². The fraction of sp³-hybridized carbons (Fsp3) is 0. The number of hydrogen-bond donors (Lipinski definition) is 2. The molecule has 0 fully saturated rings. The van der Waals surface area contributed by atoms with E-state index in [1.165, 1.54) is 5.43 Å². The van der Waals surface area contributed by atoms with Crippen molar-refractivity contribution in [2.24, 2.45) is 5.84 Å². The Morgan fingerprint density at radius 2 is 1.38 bits per heavy atom. The van der Waals surface area contributed by atoms with Gasteiger partial charge in [-0.25, -0.2) is 17.6 Å². The zero-order valence-corrected chi connectivity index (χ0v) is 6.89. The van der Waals surface area contributed by atoms with E-state index in [1.54, 1.807) is 0 Å². The SMILES string of the molecule is Cl.NNc1c(F)c(F)cc(F)c1F. The monoisotopic (exact) mass is 216 g/mol. The van der Waals surface area contributed by atoms with E-state index in [4.69, 9.17) is 0 Å². The van der Waals surface area contributed by atoms with Crippen LogP contribution in [0.2, 0.25) is 0 Å². The third kappa shape index (κ3) is 2.02. The molecule has 1 aromatic rings. The molecule has 1 rings (SSSR count). The zero-order valence-electron chi connectivity index (χ0n) is 6.07. The van der Waals surface area contributed by atoms with Gasteiger partial charge in [0.05, 0.1) is 0 Å². The number of nitrogens with one attached hydrogen (secondary N) is 1. The minimum absolute atomic E-state index is 0. The van der Waals surface area contributed by atoms with E-state index >= 15 is 0 Å². The van der Waals surface area contributed by atoms with Crippen LogP contribution in [0.5, 0.6) is 0 Å². The van der Waals surface area contributed by atoms with Gasteiger partial charge in [0.1, 0.15) is 5.69 Å². The van der Waals surface area contributed by atoms with Gasteiger partial charge in [-0.2, -0.15) is 0 Å². The van der Waals surface area contributed by atoms with Gasteiger partial charge in [0.15, 0.2) is 23.3 Å². The number of hydrazine groups is 1. The fourth-order valence-corrected chi connectivity index (χ4v) is 0.700. The van der Waals surface area contributed by atoms with Crippen molar-refractivity contribution in [3.63, 3.8) is 0 Å². The molecule has 7 heteroatoms. The highest BCUT2D eigenvalue weighted by Gasteiger charge is 2.17. The van der Waals surface area contributed by atoms with E-state index in [9.17, 15) is 17.6 Å². The fourth-order valence-electron chi connectivity index (χ4n) is 0.700. The molecule has 0 saturated heterocycles. The molecule has 0 aliphatic rings. The predicted molar refractivity (Wildman–Crippen MR) is 41.3 cm³/mol. The summed E-state index contributed by atoms with van der Waals surface area (Å²) in [6.45, 7) is 0. The van der Waals surface area contributed by atoms with Crippen LogP contribution in [0.25, 0.3) is 0 Å². The molecule has 74 valence electrons. The Morgan fingerprint density at radius 3 is 1.69 bits per heavy atom. The Bertz CT molecular complexity index is 292. The highest BCUT2D eigenvalue weighted by Crippen LogP contribution is 2.22. The summed E-state index contributed by atoms with van der Waals surface area (Å²) in [6, 6.07) is 0.103. The first-order valence-corrected chi connectivity index (χ1v) is 2.87. The lowest BCUT2D eigenvalue weighted by Gasteiger charge is -2.04. The van der Waals surface area contributed by atoms with Gasteiger partial charge < -0.3 is 5.43 Å². The normalized spacial score (nSPS) is 9.31. The van der Waals surface area contributed by atoms with Crippen molar-refractivity contribution in [2.45, 2.75) is 0 Å². The summed E-state index contributed by atoms with van der Waals surface area (Å²) in [5.41, 5.74) is 0.494. The molecule has 1 aromatic carbocycles. The molecule has 0 heterocycles. The molecule has 2 nitrogen and oxygen atoms in total. The van der Waals surface area contributed by atoms with Crippen molar-refractivity contribution in [1.82, 2.24) is 0 Å². The van der Waals surface area contributed by atoms with Crippen molar-refractivity contribution >= 4 is 18.1 Å². The van der Waals surface area contributed by atoms with E-state index in [1.807, 2.05) is 0 Å². The van der Waals surface area contributed by atoms with Crippen molar-refractivity contribution in [3.05, 3.63) is 29.3 Å². The average molecular weight is 217 g/mol. The van der Waals surface area contributed by atoms with Crippen LogP contribution in [0.15, 0.2) is 6.07 Å². The summed E-state index contributed by atoms with van der Waals surface area (Å²) in [5, 5.41) is 0. The van der Waals surface area contributed by atoms with Crippen molar-refractivity contribution in [3.8, 4) is 0 Å². The number of nitrogen functional groups attached to an aromatic ring is 1. The molecule has 0 aliphatic carbocycles. The lowest BCUT2D eigenvalue weighted by molar-refractivity contribution is 0.458. The van der Waals surface area contributed by atoms with Crippen molar-refractivity contribution < 1.29 is 17.6 Å². The van der Waals surface area contributed by atoms with Crippen LogP contribution in [-0.2, 0) is 0 Å². The molecular formula is C6H5ClF4N2. The third-order valence-electron chi connectivity index (χ3n) is 1.26. The minimum Gasteiger partial charge on any atom is -0.319 e. The smallest absolute Gasteiger partial charge is 0.186 e. The Labute approximate surface area is 77.1 Å². The maximum Gasteiger partial charge on any atom is 0.186 e. The van der Waals surface area contributed by atoms with Crippen LogP contribution in [-0.4, -0.2) is 0 Å². The highest BCUT2D eigenvalue weighted by atomic mass is 35.5. The molecule has 0 radical (unpaired) electrons. The van der Waals surface area contributed by atoms with Gasteiger partial charge in [-0.05, 0) is 0 Å². The number of rotatable bonds is 1. The number of nitrogens with two attached hydrogens (primary N) is 1. The minimum atomic E-state index is -1.55. The van der Waals surface area contributed by atoms with E-state index < -0.39 is 29.0 Å². The van der Waals surface area contributed by atoms with Gasteiger partial charge in [0.2, 0.25) is 0 Å². The highest BCUT2D eigenvalue weighted by molar-refractivity contribution is 5.85. The van der Waals surface area contributed by atoms with Crippen LogP contribution in [0, 0.1) is 23.3 Å². The molecule has 0 aromatic heterocycles. The zero-order chi connectivity index (χ0) is 9.30. The first-order chi connectivity index (χ1) is 5.57. The van der Waals surface area contributed by atoms with E-state index in [0.717, 1.165) is 0 Å². The largest absolute Gasteiger partial charge is 0.319 e. The van der Waals surface area contributed by atoms with E-state index in [-0.39, 0.29) is 18.5 Å². The Hall–Kier alpha value is -1.01. The van der Waals surface area contributed by atoms with Gasteiger partial charge in [-0.1, -0.05) is 0 Å². The summed E-state index contributed by atoms with van der Waals surface area (Å²) in [4.78, 5) is 0. The second-order valence-electron chi connectivity index (χ2n) is 1.99. The second kappa shape index (κ2) is 4.29.